The summed E-state index contributed by atoms with van der Waals surface area (Å²) in [4.78, 5) is 12.5. The molecule has 1 amide bonds. The van der Waals surface area contributed by atoms with Crippen molar-refractivity contribution in [2.24, 2.45) is 0 Å². The molecule has 1 N–H and O–H groups in total. The summed E-state index contributed by atoms with van der Waals surface area (Å²) >= 11 is 1.17. The predicted molar refractivity (Wildman–Crippen MR) is 73.1 cm³/mol. The Hall–Kier alpha value is -1.40. The van der Waals surface area contributed by atoms with Crippen LogP contribution in [-0.4, -0.2) is 11.3 Å². The van der Waals surface area contributed by atoms with Gasteiger partial charge < -0.3 is 5.32 Å². The van der Waals surface area contributed by atoms with E-state index < -0.39 is 0 Å². The molecule has 0 aromatic heterocycles. The molecular weight excluding hydrogens is 230 g/mol. The molecule has 0 heterocycles. The van der Waals surface area contributed by atoms with Crippen molar-refractivity contribution in [1.29, 1.82) is 0 Å². The van der Waals surface area contributed by atoms with Crippen LogP contribution in [0.1, 0.15) is 25.8 Å². The molecule has 0 fully saturated rings. The summed E-state index contributed by atoms with van der Waals surface area (Å²) in [6.45, 7) is 3.93. The van der Waals surface area contributed by atoms with Crippen LogP contribution in [0, 0.1) is 12.3 Å². The highest BCUT2D eigenvalue weighted by molar-refractivity contribution is 8.13. The van der Waals surface area contributed by atoms with Gasteiger partial charge in [-0.15, -0.1) is 6.42 Å². The van der Waals surface area contributed by atoms with E-state index in [4.69, 9.17) is 6.42 Å². The zero-order valence-corrected chi connectivity index (χ0v) is 11.0. The summed E-state index contributed by atoms with van der Waals surface area (Å²) in [6.07, 6.45) is 7.40. The SMILES string of the molecule is C#CC(C)NC(=O)Sc1ccc(CCC)cc1. The highest BCUT2D eigenvalue weighted by Crippen LogP contribution is 2.19. The van der Waals surface area contributed by atoms with Gasteiger partial charge in [0, 0.05) is 4.90 Å². The number of hydrogen-bond acceptors (Lipinski definition) is 2. The quantitative estimate of drug-likeness (QED) is 0.652. The molecule has 90 valence electrons. The molecule has 0 aliphatic carbocycles. The number of benzene rings is 1. The van der Waals surface area contributed by atoms with Gasteiger partial charge in [0.25, 0.3) is 5.24 Å². The second kappa shape index (κ2) is 7.03. The minimum absolute atomic E-state index is 0.112. The van der Waals surface area contributed by atoms with Gasteiger partial charge >= 0.3 is 0 Å². The van der Waals surface area contributed by atoms with Crippen LogP contribution in [0.5, 0.6) is 0 Å². The van der Waals surface area contributed by atoms with Crippen LogP contribution in [-0.2, 0) is 6.42 Å². The number of nitrogens with one attached hydrogen (secondary N) is 1. The average molecular weight is 247 g/mol. The van der Waals surface area contributed by atoms with E-state index in [2.05, 4.69) is 30.3 Å². The van der Waals surface area contributed by atoms with Gasteiger partial charge in [0.15, 0.2) is 0 Å². The molecule has 17 heavy (non-hydrogen) atoms. The summed E-state index contributed by atoms with van der Waals surface area (Å²) in [5.41, 5.74) is 1.30. The molecule has 0 bridgehead atoms. The van der Waals surface area contributed by atoms with Gasteiger partial charge in [-0.1, -0.05) is 31.4 Å². The molecule has 0 saturated heterocycles. The van der Waals surface area contributed by atoms with Gasteiger partial charge in [0.1, 0.15) is 0 Å². The molecule has 0 saturated carbocycles. The molecule has 1 aromatic rings. The number of terminal acetylenes is 1. The molecule has 0 aliphatic rings. The van der Waals surface area contributed by atoms with E-state index in [9.17, 15) is 4.79 Å². The molecule has 0 aliphatic heterocycles. The summed E-state index contributed by atoms with van der Waals surface area (Å²) in [6, 6.07) is 7.83. The van der Waals surface area contributed by atoms with Crippen molar-refractivity contribution in [3.05, 3.63) is 29.8 Å². The van der Waals surface area contributed by atoms with Crippen molar-refractivity contribution in [3.63, 3.8) is 0 Å². The number of carbonyl (C=O) groups is 1. The maximum atomic E-state index is 11.5. The van der Waals surface area contributed by atoms with Crippen LogP contribution in [0.15, 0.2) is 29.2 Å². The van der Waals surface area contributed by atoms with E-state index >= 15 is 0 Å². The number of thioether (sulfide) groups is 1. The lowest BCUT2D eigenvalue weighted by atomic mass is 10.1. The summed E-state index contributed by atoms with van der Waals surface area (Å²) < 4.78 is 0. The van der Waals surface area contributed by atoms with Crippen LogP contribution < -0.4 is 5.32 Å². The van der Waals surface area contributed by atoms with E-state index in [-0.39, 0.29) is 11.3 Å². The van der Waals surface area contributed by atoms with Crippen molar-refractivity contribution >= 4 is 17.0 Å². The third-order valence-corrected chi connectivity index (χ3v) is 3.07. The molecule has 1 unspecified atom stereocenters. The first-order valence-electron chi connectivity index (χ1n) is 5.69. The first-order valence-corrected chi connectivity index (χ1v) is 6.50. The Morgan fingerprint density at radius 2 is 2.12 bits per heavy atom. The minimum atomic E-state index is -0.227. The lowest BCUT2D eigenvalue weighted by Crippen LogP contribution is -2.27. The third-order valence-electron chi connectivity index (χ3n) is 2.26. The average Bonchev–Trinajstić information content (AvgIpc) is 2.31. The van der Waals surface area contributed by atoms with E-state index in [0.29, 0.717) is 0 Å². The Morgan fingerprint density at radius 3 is 2.65 bits per heavy atom. The van der Waals surface area contributed by atoms with Gasteiger partial charge in [-0.3, -0.25) is 4.79 Å². The fraction of sp³-hybridized carbons (Fsp3) is 0.357. The number of rotatable bonds is 4. The van der Waals surface area contributed by atoms with Crippen molar-refractivity contribution in [1.82, 2.24) is 5.32 Å². The molecule has 2 nitrogen and oxygen atoms in total. The first-order chi connectivity index (χ1) is 8.15. The molecular formula is C14H17NOS. The van der Waals surface area contributed by atoms with Crippen LogP contribution in [0.3, 0.4) is 0 Å². The minimum Gasteiger partial charge on any atom is -0.333 e. The number of amides is 1. The Bertz CT molecular complexity index is 405. The molecule has 1 rings (SSSR count). The maximum Gasteiger partial charge on any atom is 0.284 e. The number of carbonyl (C=O) groups excluding carboxylic acids is 1. The van der Waals surface area contributed by atoms with Crippen molar-refractivity contribution in [2.45, 2.75) is 37.6 Å². The van der Waals surface area contributed by atoms with Gasteiger partial charge in [-0.25, -0.2) is 0 Å². The second-order valence-electron chi connectivity index (χ2n) is 3.82. The third kappa shape index (κ3) is 4.97. The topological polar surface area (TPSA) is 29.1 Å². The van der Waals surface area contributed by atoms with Crippen LogP contribution in [0.25, 0.3) is 0 Å². The van der Waals surface area contributed by atoms with Crippen molar-refractivity contribution in [2.75, 3.05) is 0 Å². The molecule has 3 heteroatoms. The van der Waals surface area contributed by atoms with Crippen molar-refractivity contribution in [3.8, 4) is 12.3 Å². The fourth-order valence-corrected chi connectivity index (χ4v) is 2.09. The van der Waals surface area contributed by atoms with E-state index in [1.165, 1.54) is 17.3 Å². The van der Waals surface area contributed by atoms with Crippen LogP contribution in [0.2, 0.25) is 0 Å². The lowest BCUT2D eigenvalue weighted by molar-refractivity contribution is 0.260. The molecule has 1 aromatic carbocycles. The van der Waals surface area contributed by atoms with Crippen LogP contribution >= 0.6 is 11.8 Å². The maximum absolute atomic E-state index is 11.5. The van der Waals surface area contributed by atoms with E-state index in [1.807, 2.05) is 12.1 Å². The normalized spacial score (nSPS) is 11.6. The molecule has 1 atom stereocenters. The summed E-state index contributed by atoms with van der Waals surface area (Å²) in [5.74, 6) is 2.46. The largest absolute Gasteiger partial charge is 0.333 e. The van der Waals surface area contributed by atoms with Gasteiger partial charge in [0.2, 0.25) is 0 Å². The zero-order valence-electron chi connectivity index (χ0n) is 10.2. The Morgan fingerprint density at radius 1 is 1.47 bits per heavy atom. The fourth-order valence-electron chi connectivity index (χ4n) is 1.37. The first kappa shape index (κ1) is 13.7. The second-order valence-corrected chi connectivity index (χ2v) is 4.86. The molecule has 0 spiro atoms. The standard InChI is InChI=1S/C14H17NOS/c1-4-6-12-7-9-13(10-8-12)17-14(16)15-11(3)5-2/h2,7-11H,4,6H2,1,3H3,(H,15,16). The van der Waals surface area contributed by atoms with E-state index in [0.717, 1.165) is 17.7 Å². The van der Waals surface area contributed by atoms with E-state index in [1.54, 1.807) is 6.92 Å². The van der Waals surface area contributed by atoms with Gasteiger partial charge in [-0.05, 0) is 42.8 Å². The summed E-state index contributed by atoms with van der Waals surface area (Å²) in [7, 11) is 0. The summed E-state index contributed by atoms with van der Waals surface area (Å²) in [5, 5.41) is 2.59. The van der Waals surface area contributed by atoms with Gasteiger partial charge in [0.05, 0.1) is 6.04 Å². The predicted octanol–water partition coefficient (Wildman–Crippen LogP) is 3.46. The smallest absolute Gasteiger partial charge is 0.284 e. The number of hydrogen-bond donors (Lipinski definition) is 1. The Labute approximate surface area is 107 Å². The van der Waals surface area contributed by atoms with Crippen LogP contribution in [0.4, 0.5) is 4.79 Å². The zero-order chi connectivity index (χ0) is 12.7. The highest BCUT2D eigenvalue weighted by Gasteiger charge is 2.06. The van der Waals surface area contributed by atoms with Gasteiger partial charge in [-0.2, -0.15) is 0 Å². The molecule has 0 radical (unpaired) electrons. The lowest BCUT2D eigenvalue weighted by Gasteiger charge is -2.07. The Balaban J connectivity index is 2.52. The Kier molecular flexibility index (Phi) is 5.65. The highest BCUT2D eigenvalue weighted by atomic mass is 32.2. The van der Waals surface area contributed by atoms with Crippen molar-refractivity contribution < 1.29 is 4.79 Å². The number of aryl methyl sites for hydroxylation is 1. The monoisotopic (exact) mass is 247 g/mol.